The molecule has 4 nitrogen and oxygen atoms in total. The average molecular weight is 418 g/mol. The Morgan fingerprint density at radius 1 is 0.933 bits per heavy atom. The van der Waals surface area contributed by atoms with E-state index < -0.39 is 11.6 Å². The van der Waals surface area contributed by atoms with Crippen LogP contribution < -0.4 is 0 Å². The molecule has 0 saturated carbocycles. The van der Waals surface area contributed by atoms with Gasteiger partial charge < -0.3 is 4.74 Å². The zero-order chi connectivity index (χ0) is 20.6. The lowest BCUT2D eigenvalue weighted by Gasteiger charge is -2.45. The molecule has 5 heteroatoms. The molecule has 2 aromatic carbocycles. The van der Waals surface area contributed by atoms with Gasteiger partial charge in [-0.25, -0.2) is 0 Å². The number of hydrogen-bond acceptors (Lipinski definition) is 5. The fourth-order valence-electron chi connectivity index (χ4n) is 4.30. The van der Waals surface area contributed by atoms with E-state index in [1.54, 1.807) is 12.1 Å². The normalized spacial score (nSPS) is 20.9. The van der Waals surface area contributed by atoms with Gasteiger partial charge in [-0.3, -0.25) is 14.5 Å². The molecule has 0 radical (unpaired) electrons. The number of likely N-dealkylation sites (tertiary alicyclic amines) is 1. The van der Waals surface area contributed by atoms with E-state index in [9.17, 15) is 9.59 Å². The largest absolute Gasteiger partial charge is 0.484 e. The van der Waals surface area contributed by atoms with Crippen molar-refractivity contribution in [1.29, 1.82) is 0 Å². The SMILES string of the molecule is O=C1C(=O)c2ccccc2C2=C1SCC1(CCN(C/C=C/c3ccccc3)CC1)O2. The van der Waals surface area contributed by atoms with Crippen molar-refractivity contribution in [2.45, 2.75) is 18.4 Å². The van der Waals surface area contributed by atoms with Gasteiger partial charge in [0.15, 0.2) is 0 Å². The Kier molecular flexibility index (Phi) is 5.09. The van der Waals surface area contributed by atoms with Crippen LogP contribution in [0.4, 0.5) is 0 Å². The lowest BCUT2D eigenvalue weighted by molar-refractivity contribution is -0.111. The highest BCUT2D eigenvalue weighted by molar-refractivity contribution is 8.04. The van der Waals surface area contributed by atoms with Crippen LogP contribution in [0, 0.1) is 0 Å². The molecular weight excluding hydrogens is 394 g/mol. The van der Waals surface area contributed by atoms with E-state index in [0.29, 0.717) is 16.2 Å². The zero-order valence-electron chi connectivity index (χ0n) is 16.7. The number of nitrogens with zero attached hydrogens (tertiary/aromatic N) is 1. The fraction of sp³-hybridized carbons (Fsp3) is 0.280. The molecular formula is C25H23NO3S. The summed E-state index contributed by atoms with van der Waals surface area (Å²) in [6.07, 6.45) is 6.21. The molecule has 0 atom stereocenters. The van der Waals surface area contributed by atoms with E-state index in [0.717, 1.165) is 43.8 Å². The van der Waals surface area contributed by atoms with E-state index in [-0.39, 0.29) is 5.60 Å². The first kappa shape index (κ1) is 19.3. The molecule has 30 heavy (non-hydrogen) atoms. The number of carbonyl (C=O) groups is 2. The van der Waals surface area contributed by atoms with Crippen molar-refractivity contribution in [1.82, 2.24) is 4.90 Å². The first-order chi connectivity index (χ1) is 14.7. The lowest BCUT2D eigenvalue weighted by atomic mass is 9.90. The molecule has 2 heterocycles. The van der Waals surface area contributed by atoms with Gasteiger partial charge in [-0.05, 0) is 5.56 Å². The van der Waals surface area contributed by atoms with Gasteiger partial charge in [-0.2, -0.15) is 0 Å². The van der Waals surface area contributed by atoms with Crippen molar-refractivity contribution < 1.29 is 14.3 Å². The number of thioether (sulfide) groups is 1. The first-order valence-electron chi connectivity index (χ1n) is 10.3. The van der Waals surface area contributed by atoms with E-state index in [1.807, 2.05) is 30.3 Å². The summed E-state index contributed by atoms with van der Waals surface area (Å²) in [5.74, 6) is 0.494. The summed E-state index contributed by atoms with van der Waals surface area (Å²) in [6.45, 7) is 2.83. The highest BCUT2D eigenvalue weighted by Gasteiger charge is 2.45. The predicted molar refractivity (Wildman–Crippen MR) is 120 cm³/mol. The Bertz CT molecular complexity index is 1050. The molecule has 0 bridgehead atoms. The number of rotatable bonds is 3. The van der Waals surface area contributed by atoms with Crippen LogP contribution in [0.3, 0.4) is 0 Å². The fourth-order valence-corrected chi connectivity index (χ4v) is 5.57. The third kappa shape index (κ3) is 3.53. The van der Waals surface area contributed by atoms with Crippen molar-refractivity contribution in [3.8, 4) is 0 Å². The van der Waals surface area contributed by atoms with E-state index in [1.165, 1.54) is 17.3 Å². The van der Waals surface area contributed by atoms with Gasteiger partial charge in [0.2, 0.25) is 11.6 Å². The maximum Gasteiger partial charge on any atom is 0.243 e. The van der Waals surface area contributed by atoms with Gasteiger partial charge in [0, 0.05) is 49.4 Å². The van der Waals surface area contributed by atoms with Gasteiger partial charge in [0.1, 0.15) is 16.3 Å². The molecule has 2 aliphatic heterocycles. The van der Waals surface area contributed by atoms with Crippen LogP contribution in [0.2, 0.25) is 0 Å². The number of allylic oxidation sites excluding steroid dienone is 1. The van der Waals surface area contributed by atoms with Gasteiger partial charge in [-0.15, -0.1) is 11.8 Å². The number of piperidine rings is 1. The first-order valence-corrected chi connectivity index (χ1v) is 11.3. The summed E-state index contributed by atoms with van der Waals surface area (Å²) in [4.78, 5) is 27.9. The third-order valence-electron chi connectivity index (χ3n) is 6.07. The number of benzene rings is 2. The molecule has 5 rings (SSSR count). The Balaban J connectivity index is 1.27. The number of hydrogen-bond donors (Lipinski definition) is 0. The summed E-state index contributed by atoms with van der Waals surface area (Å²) in [5.41, 5.74) is 2.17. The molecule has 1 fully saturated rings. The smallest absolute Gasteiger partial charge is 0.243 e. The van der Waals surface area contributed by atoms with Crippen LogP contribution in [-0.2, 0) is 9.53 Å². The topological polar surface area (TPSA) is 46.6 Å². The molecule has 1 spiro atoms. The Morgan fingerprint density at radius 3 is 2.40 bits per heavy atom. The van der Waals surface area contributed by atoms with Crippen LogP contribution in [-0.4, -0.2) is 47.5 Å². The van der Waals surface area contributed by atoms with Crippen molar-refractivity contribution in [2.75, 3.05) is 25.4 Å². The van der Waals surface area contributed by atoms with E-state index in [2.05, 4.69) is 29.2 Å². The van der Waals surface area contributed by atoms with Gasteiger partial charge in [0.05, 0.1) is 0 Å². The van der Waals surface area contributed by atoms with Gasteiger partial charge in [-0.1, -0.05) is 66.7 Å². The monoisotopic (exact) mass is 417 g/mol. The summed E-state index contributed by atoms with van der Waals surface area (Å²) < 4.78 is 6.53. The van der Waals surface area contributed by atoms with Gasteiger partial charge >= 0.3 is 0 Å². The van der Waals surface area contributed by atoms with Gasteiger partial charge in [0.25, 0.3) is 0 Å². The summed E-state index contributed by atoms with van der Waals surface area (Å²) in [6, 6.07) is 17.6. The molecule has 0 N–H and O–H groups in total. The minimum Gasteiger partial charge on any atom is -0.484 e. The summed E-state index contributed by atoms with van der Waals surface area (Å²) in [7, 11) is 0. The average Bonchev–Trinajstić information content (AvgIpc) is 2.80. The Morgan fingerprint density at radius 2 is 1.63 bits per heavy atom. The molecule has 1 saturated heterocycles. The second-order valence-corrected chi connectivity index (χ2v) is 9.04. The second kappa shape index (κ2) is 7.89. The van der Waals surface area contributed by atoms with Crippen molar-refractivity contribution in [3.05, 3.63) is 82.3 Å². The van der Waals surface area contributed by atoms with Crippen molar-refractivity contribution in [3.63, 3.8) is 0 Å². The number of ketones is 2. The van der Waals surface area contributed by atoms with E-state index in [4.69, 9.17) is 4.74 Å². The molecule has 0 amide bonds. The van der Waals surface area contributed by atoms with Crippen molar-refractivity contribution in [2.24, 2.45) is 0 Å². The molecule has 3 aliphatic rings. The van der Waals surface area contributed by atoms with Crippen LogP contribution in [0.25, 0.3) is 11.8 Å². The highest BCUT2D eigenvalue weighted by atomic mass is 32.2. The minimum atomic E-state index is -0.424. The molecule has 1 aliphatic carbocycles. The molecule has 0 unspecified atom stereocenters. The molecule has 2 aromatic rings. The number of carbonyl (C=O) groups excluding carboxylic acids is 2. The predicted octanol–water partition coefficient (Wildman–Crippen LogP) is 4.43. The number of Topliss-reactive ketones (excluding diaryl/α,β-unsaturated/α-hetero) is 2. The zero-order valence-corrected chi connectivity index (χ0v) is 17.5. The quantitative estimate of drug-likeness (QED) is 0.692. The highest BCUT2D eigenvalue weighted by Crippen LogP contribution is 2.47. The van der Waals surface area contributed by atoms with E-state index >= 15 is 0 Å². The Labute approximate surface area is 180 Å². The third-order valence-corrected chi connectivity index (χ3v) is 7.40. The second-order valence-electron chi connectivity index (χ2n) is 8.05. The maximum atomic E-state index is 12.6. The number of fused-ring (bicyclic) bond motifs is 2. The van der Waals surface area contributed by atoms with Crippen LogP contribution >= 0.6 is 11.8 Å². The summed E-state index contributed by atoms with van der Waals surface area (Å²) >= 11 is 1.50. The maximum absolute atomic E-state index is 12.6. The Hall–Kier alpha value is -2.63. The van der Waals surface area contributed by atoms with Crippen LogP contribution in [0.1, 0.15) is 34.3 Å². The van der Waals surface area contributed by atoms with Crippen LogP contribution in [0.15, 0.2) is 65.6 Å². The molecule has 152 valence electrons. The lowest BCUT2D eigenvalue weighted by Crippen LogP contribution is -2.49. The summed E-state index contributed by atoms with van der Waals surface area (Å²) in [5, 5.41) is 0. The molecule has 0 aromatic heterocycles. The standard InChI is InChI=1S/C25H23NO3S/c27-21-19-10-4-5-11-20(19)23-24(22(21)28)30-17-25(29-23)12-15-26(16-13-25)14-6-9-18-7-2-1-3-8-18/h1-11H,12-17H2/b9-6+. The van der Waals surface area contributed by atoms with Crippen LogP contribution in [0.5, 0.6) is 0 Å². The number of ether oxygens (including phenoxy) is 1. The van der Waals surface area contributed by atoms with Crippen molar-refractivity contribution >= 4 is 35.2 Å². The minimum absolute atomic E-state index is 0.267.